The Bertz CT molecular complexity index is 1280. The summed E-state index contributed by atoms with van der Waals surface area (Å²) >= 11 is 0. The summed E-state index contributed by atoms with van der Waals surface area (Å²) in [5, 5.41) is 11.6. The van der Waals surface area contributed by atoms with Gasteiger partial charge < -0.3 is 29.0 Å². The highest BCUT2D eigenvalue weighted by Gasteiger charge is 2.46. The van der Waals surface area contributed by atoms with Gasteiger partial charge in [0.15, 0.2) is 11.5 Å². The molecule has 2 aromatic rings. The van der Waals surface area contributed by atoms with Gasteiger partial charge in [-0.05, 0) is 61.7 Å². The van der Waals surface area contributed by atoms with Gasteiger partial charge in [-0.3, -0.25) is 14.5 Å². The van der Waals surface area contributed by atoms with E-state index >= 15 is 0 Å². The van der Waals surface area contributed by atoms with Gasteiger partial charge in [0, 0.05) is 38.2 Å². The lowest BCUT2D eigenvalue weighted by molar-refractivity contribution is -0.140. The standard InChI is InChI=1S/C31H38N2O7/c1-4-14-39-25-9-6-21(19-26(25)38-5-2)28-27(29(34)22-7-8-24-23(18-22)17-20(3)40-24)30(35)31(36)33(28)11-10-32-12-15-37-16-13-32/h6-9,18-20,28,34H,4-5,10-17H2,1-3H3/t20-,28-/m1/s1. The van der Waals surface area contributed by atoms with Crippen molar-refractivity contribution in [1.82, 2.24) is 9.80 Å². The summed E-state index contributed by atoms with van der Waals surface area (Å²) in [5.41, 5.74) is 2.20. The summed E-state index contributed by atoms with van der Waals surface area (Å²) in [5.74, 6) is 0.404. The number of fused-ring (bicyclic) bond motifs is 1. The van der Waals surface area contributed by atoms with Crippen LogP contribution in [-0.2, 0) is 20.7 Å². The van der Waals surface area contributed by atoms with Gasteiger partial charge >= 0.3 is 0 Å². The molecule has 9 heteroatoms. The Kier molecular flexibility index (Phi) is 8.61. The fourth-order valence-electron chi connectivity index (χ4n) is 5.55. The van der Waals surface area contributed by atoms with Crippen molar-refractivity contribution in [3.8, 4) is 17.2 Å². The highest BCUT2D eigenvalue weighted by atomic mass is 16.5. The number of aliphatic hydroxyl groups excluding tert-OH is 1. The minimum atomic E-state index is -0.774. The second-order valence-electron chi connectivity index (χ2n) is 10.4. The number of carbonyl (C=O) groups is 2. The molecule has 1 N–H and O–H groups in total. The molecule has 0 unspecified atom stereocenters. The molecule has 2 aromatic carbocycles. The van der Waals surface area contributed by atoms with Crippen molar-refractivity contribution in [2.45, 2.75) is 45.8 Å². The zero-order valence-corrected chi connectivity index (χ0v) is 23.5. The van der Waals surface area contributed by atoms with Gasteiger partial charge in [-0.1, -0.05) is 13.0 Å². The van der Waals surface area contributed by atoms with Gasteiger partial charge in [0.1, 0.15) is 17.6 Å². The molecule has 2 fully saturated rings. The number of hydrogen-bond donors (Lipinski definition) is 1. The Morgan fingerprint density at radius 2 is 1.82 bits per heavy atom. The quantitative estimate of drug-likeness (QED) is 0.270. The number of likely N-dealkylation sites (tertiary alicyclic amines) is 1. The van der Waals surface area contributed by atoms with E-state index < -0.39 is 17.7 Å². The van der Waals surface area contributed by atoms with Crippen LogP contribution in [0.25, 0.3) is 5.76 Å². The number of Topliss-reactive ketones (excluding diaryl/α,β-unsaturated/α-hetero) is 1. The molecule has 5 rings (SSSR count). The lowest BCUT2D eigenvalue weighted by Gasteiger charge is -2.31. The first-order chi connectivity index (χ1) is 19.4. The maximum atomic E-state index is 13.5. The minimum Gasteiger partial charge on any atom is -0.507 e. The van der Waals surface area contributed by atoms with E-state index in [1.807, 2.05) is 51.1 Å². The number of amides is 1. The van der Waals surface area contributed by atoms with Crippen molar-refractivity contribution in [2.24, 2.45) is 0 Å². The number of benzene rings is 2. The van der Waals surface area contributed by atoms with E-state index in [0.29, 0.717) is 68.6 Å². The number of morpholine rings is 1. The van der Waals surface area contributed by atoms with E-state index in [4.69, 9.17) is 18.9 Å². The molecule has 2 atom stereocenters. The summed E-state index contributed by atoms with van der Waals surface area (Å²) in [4.78, 5) is 30.8. The molecular formula is C31H38N2O7. The van der Waals surface area contributed by atoms with E-state index in [1.54, 1.807) is 11.0 Å². The molecule has 2 saturated heterocycles. The molecule has 1 amide bonds. The Balaban J connectivity index is 1.56. The summed E-state index contributed by atoms with van der Waals surface area (Å²) in [6, 6.07) is 10.1. The summed E-state index contributed by atoms with van der Waals surface area (Å²) < 4.78 is 23.0. The zero-order chi connectivity index (χ0) is 28.2. The highest BCUT2D eigenvalue weighted by molar-refractivity contribution is 6.46. The lowest BCUT2D eigenvalue weighted by atomic mass is 9.94. The third-order valence-corrected chi connectivity index (χ3v) is 7.52. The molecule has 0 bridgehead atoms. The van der Waals surface area contributed by atoms with Gasteiger partial charge in [-0.2, -0.15) is 0 Å². The molecule has 0 spiro atoms. The molecule has 40 heavy (non-hydrogen) atoms. The number of carbonyl (C=O) groups excluding carboxylic acids is 2. The number of ether oxygens (including phenoxy) is 4. The molecule has 214 valence electrons. The van der Waals surface area contributed by atoms with Crippen LogP contribution in [0.2, 0.25) is 0 Å². The fraction of sp³-hybridized carbons (Fsp3) is 0.484. The van der Waals surface area contributed by atoms with Crippen LogP contribution in [-0.4, -0.2) is 85.3 Å². The lowest BCUT2D eigenvalue weighted by Crippen LogP contribution is -2.42. The van der Waals surface area contributed by atoms with E-state index in [2.05, 4.69) is 4.90 Å². The topological polar surface area (TPSA) is 97.8 Å². The average molecular weight is 551 g/mol. The van der Waals surface area contributed by atoms with Crippen LogP contribution in [0.5, 0.6) is 17.2 Å². The molecule has 3 heterocycles. The first-order valence-electron chi connectivity index (χ1n) is 14.2. The number of rotatable bonds is 10. The van der Waals surface area contributed by atoms with E-state index in [-0.39, 0.29) is 17.4 Å². The van der Waals surface area contributed by atoms with E-state index in [0.717, 1.165) is 30.8 Å². The Labute approximate surface area is 235 Å². The minimum absolute atomic E-state index is 0.0450. The maximum Gasteiger partial charge on any atom is 0.295 e. The van der Waals surface area contributed by atoms with E-state index in [1.165, 1.54) is 0 Å². The first kappa shape index (κ1) is 28.0. The molecular weight excluding hydrogens is 512 g/mol. The Hall–Kier alpha value is -3.56. The molecule has 3 aliphatic rings. The number of hydrogen-bond acceptors (Lipinski definition) is 8. The van der Waals surface area contributed by atoms with Crippen LogP contribution < -0.4 is 14.2 Å². The molecule has 3 aliphatic heterocycles. The first-order valence-corrected chi connectivity index (χ1v) is 14.2. The van der Waals surface area contributed by atoms with Gasteiger partial charge in [-0.25, -0.2) is 0 Å². The monoisotopic (exact) mass is 550 g/mol. The molecule has 0 aliphatic carbocycles. The number of nitrogens with zero attached hydrogens (tertiary/aromatic N) is 2. The van der Waals surface area contributed by atoms with Crippen LogP contribution in [0.1, 0.15) is 49.9 Å². The Morgan fingerprint density at radius 3 is 2.58 bits per heavy atom. The molecule has 9 nitrogen and oxygen atoms in total. The third-order valence-electron chi connectivity index (χ3n) is 7.52. The van der Waals surface area contributed by atoms with Gasteiger partial charge in [0.2, 0.25) is 0 Å². The van der Waals surface area contributed by atoms with Crippen LogP contribution in [0.4, 0.5) is 0 Å². The van der Waals surface area contributed by atoms with Crippen molar-refractivity contribution in [3.63, 3.8) is 0 Å². The average Bonchev–Trinajstić information content (AvgIpc) is 3.46. The number of ketones is 1. The predicted octanol–water partition coefficient (Wildman–Crippen LogP) is 3.95. The molecule has 0 aromatic heterocycles. The Morgan fingerprint density at radius 1 is 1.02 bits per heavy atom. The SMILES string of the molecule is CCCOc1ccc([C@@H]2C(=C(O)c3ccc4c(c3)C[C@@H](C)O4)C(=O)C(=O)N2CCN2CCOCC2)cc1OCC. The normalized spacial score (nSPS) is 22.3. The largest absolute Gasteiger partial charge is 0.507 e. The van der Waals surface area contributed by atoms with Crippen LogP contribution >= 0.6 is 0 Å². The summed E-state index contributed by atoms with van der Waals surface area (Å²) in [7, 11) is 0. The second-order valence-corrected chi connectivity index (χ2v) is 10.4. The maximum absolute atomic E-state index is 13.5. The number of aliphatic hydroxyl groups is 1. The van der Waals surface area contributed by atoms with Gasteiger partial charge in [-0.15, -0.1) is 0 Å². The van der Waals surface area contributed by atoms with Crippen molar-refractivity contribution in [3.05, 3.63) is 58.7 Å². The third kappa shape index (κ3) is 5.67. The van der Waals surface area contributed by atoms with Crippen LogP contribution in [0, 0.1) is 0 Å². The predicted molar refractivity (Wildman–Crippen MR) is 150 cm³/mol. The molecule has 0 radical (unpaired) electrons. The summed E-state index contributed by atoms with van der Waals surface area (Å²) in [6.07, 6.45) is 1.60. The molecule has 0 saturated carbocycles. The second kappa shape index (κ2) is 12.3. The van der Waals surface area contributed by atoms with Crippen molar-refractivity contribution in [2.75, 3.05) is 52.6 Å². The van der Waals surface area contributed by atoms with Crippen molar-refractivity contribution >= 4 is 17.4 Å². The summed E-state index contributed by atoms with van der Waals surface area (Å²) in [6.45, 7) is 10.6. The van der Waals surface area contributed by atoms with Crippen LogP contribution in [0.3, 0.4) is 0 Å². The van der Waals surface area contributed by atoms with Gasteiger partial charge in [0.25, 0.3) is 11.7 Å². The smallest absolute Gasteiger partial charge is 0.295 e. The highest BCUT2D eigenvalue weighted by Crippen LogP contribution is 2.43. The van der Waals surface area contributed by atoms with Crippen molar-refractivity contribution < 1.29 is 33.6 Å². The van der Waals surface area contributed by atoms with Gasteiger partial charge in [0.05, 0.1) is 38.0 Å². The zero-order valence-electron chi connectivity index (χ0n) is 23.5. The fourth-order valence-corrected chi connectivity index (χ4v) is 5.55. The van der Waals surface area contributed by atoms with Crippen molar-refractivity contribution in [1.29, 1.82) is 0 Å². The van der Waals surface area contributed by atoms with E-state index in [9.17, 15) is 14.7 Å². The van der Waals surface area contributed by atoms with Crippen LogP contribution in [0.15, 0.2) is 42.0 Å².